The lowest BCUT2D eigenvalue weighted by Gasteiger charge is -2.08. The van der Waals surface area contributed by atoms with Gasteiger partial charge in [-0.2, -0.15) is 0 Å². The van der Waals surface area contributed by atoms with Gasteiger partial charge in [-0.15, -0.1) is 11.3 Å². The van der Waals surface area contributed by atoms with E-state index >= 15 is 0 Å². The van der Waals surface area contributed by atoms with Crippen molar-refractivity contribution >= 4 is 51.1 Å². The topological polar surface area (TPSA) is 130 Å². The first-order valence-electron chi connectivity index (χ1n) is 9.95. The Kier molecular flexibility index (Phi) is 6.55. The molecule has 2 aromatic heterocycles. The van der Waals surface area contributed by atoms with Gasteiger partial charge in [0.2, 0.25) is 5.95 Å². The predicted molar refractivity (Wildman–Crippen MR) is 131 cm³/mol. The number of aromatic amines is 1. The van der Waals surface area contributed by atoms with Crippen molar-refractivity contribution in [3.8, 4) is 11.5 Å². The van der Waals surface area contributed by atoms with Crippen LogP contribution >= 0.6 is 11.3 Å². The van der Waals surface area contributed by atoms with E-state index in [-0.39, 0.29) is 17.7 Å². The number of aromatic nitrogens is 3. The van der Waals surface area contributed by atoms with Crippen LogP contribution in [-0.2, 0) is 9.53 Å². The van der Waals surface area contributed by atoms with E-state index in [0.29, 0.717) is 33.4 Å². The van der Waals surface area contributed by atoms with Crippen LogP contribution in [0.5, 0.6) is 11.5 Å². The summed E-state index contributed by atoms with van der Waals surface area (Å²) in [6.07, 6.45) is 2.81. The number of thiazole rings is 1. The molecule has 34 heavy (non-hydrogen) atoms. The van der Waals surface area contributed by atoms with E-state index in [4.69, 9.17) is 9.47 Å². The second-order valence-corrected chi connectivity index (χ2v) is 8.14. The largest absolute Gasteiger partial charge is 0.460 e. The number of hydrogen-bond acceptors (Lipinski definition) is 7. The molecule has 4 N–H and O–H groups in total. The first-order chi connectivity index (χ1) is 16.4. The van der Waals surface area contributed by atoms with Gasteiger partial charge in [0.15, 0.2) is 10.9 Å². The molecule has 0 saturated carbocycles. The number of H-pyrrole nitrogens is 1. The Hall–Kier alpha value is -4.64. The molecule has 0 fully saturated rings. The Bertz CT molecular complexity index is 1380. The minimum atomic E-state index is -0.542. The van der Waals surface area contributed by atoms with E-state index in [9.17, 15) is 9.59 Å². The number of anilines is 3. The van der Waals surface area contributed by atoms with Gasteiger partial charge < -0.3 is 19.8 Å². The quantitative estimate of drug-likeness (QED) is 0.200. The maximum atomic E-state index is 12.1. The van der Waals surface area contributed by atoms with Crippen molar-refractivity contribution in [3.63, 3.8) is 0 Å². The Morgan fingerprint density at radius 1 is 1.09 bits per heavy atom. The molecule has 0 aliphatic heterocycles. The van der Waals surface area contributed by atoms with Gasteiger partial charge >= 0.3 is 6.03 Å². The highest BCUT2D eigenvalue weighted by Gasteiger charge is 2.12. The number of hydrogen-bond donors (Lipinski definition) is 4. The Morgan fingerprint density at radius 3 is 2.56 bits per heavy atom. The number of urea groups is 1. The first-order valence-corrected chi connectivity index (χ1v) is 10.8. The smallest absolute Gasteiger partial charge is 0.325 e. The number of ether oxygens (including phenoxy) is 2. The van der Waals surface area contributed by atoms with Gasteiger partial charge in [0.25, 0.3) is 5.91 Å². The van der Waals surface area contributed by atoms with Crippen LogP contribution in [0.2, 0.25) is 0 Å². The monoisotopic (exact) mass is 476 g/mol. The van der Waals surface area contributed by atoms with Crippen LogP contribution in [0.25, 0.3) is 11.0 Å². The summed E-state index contributed by atoms with van der Waals surface area (Å²) >= 11 is 1.39. The van der Waals surface area contributed by atoms with E-state index in [1.807, 2.05) is 6.92 Å². The fourth-order valence-corrected chi connectivity index (χ4v) is 3.52. The normalized spacial score (nSPS) is 10.4. The lowest BCUT2D eigenvalue weighted by atomic mass is 10.3. The van der Waals surface area contributed by atoms with Crippen molar-refractivity contribution in [2.75, 3.05) is 16.0 Å². The average molecular weight is 477 g/mol. The minimum absolute atomic E-state index is 0.104. The molecular weight excluding hydrogens is 456 g/mol. The predicted octanol–water partition coefficient (Wildman–Crippen LogP) is 5.38. The Labute approximate surface area is 198 Å². The van der Waals surface area contributed by atoms with Crippen LogP contribution in [0.4, 0.5) is 21.6 Å². The van der Waals surface area contributed by atoms with Crippen molar-refractivity contribution in [2.45, 2.75) is 6.92 Å². The standard InChI is InChI=1S/C23H20N6O4S/c1-4-32-14(3)20(30)28-21-26-18-10-9-17(11-19(18)27-21)33-16-7-5-15(6-8-16)25-22(31)29-23-24-12-13(2)34-23/h4-12H,1,3H2,2H3,(H2,24,25,29,31)(H2,26,27,28,30). The van der Waals surface area contributed by atoms with Crippen molar-refractivity contribution in [1.82, 2.24) is 15.0 Å². The number of benzene rings is 2. The molecule has 11 heteroatoms. The summed E-state index contributed by atoms with van der Waals surface area (Å²) in [4.78, 5) is 36.5. The van der Waals surface area contributed by atoms with Gasteiger partial charge in [-0.25, -0.2) is 14.8 Å². The van der Waals surface area contributed by atoms with Gasteiger partial charge in [0, 0.05) is 22.8 Å². The second kappa shape index (κ2) is 9.88. The highest BCUT2D eigenvalue weighted by Crippen LogP contribution is 2.27. The SMILES string of the molecule is C=COC(=C)C(=O)Nc1nc2ccc(Oc3ccc(NC(=O)Nc4ncc(C)s4)cc3)cc2[nH]1. The van der Waals surface area contributed by atoms with Gasteiger partial charge in [-0.3, -0.25) is 15.4 Å². The van der Waals surface area contributed by atoms with Gasteiger partial charge in [0.1, 0.15) is 11.5 Å². The molecule has 0 saturated heterocycles. The molecule has 0 atom stereocenters. The number of carbonyl (C=O) groups excluding carboxylic acids is 2. The van der Waals surface area contributed by atoms with Crippen LogP contribution in [-0.4, -0.2) is 26.9 Å². The van der Waals surface area contributed by atoms with Crippen LogP contribution in [0.1, 0.15) is 4.88 Å². The summed E-state index contributed by atoms with van der Waals surface area (Å²) in [6, 6.07) is 11.8. The minimum Gasteiger partial charge on any atom is -0.460 e. The first kappa shape index (κ1) is 22.6. The molecule has 0 bridgehead atoms. The molecule has 4 rings (SSSR count). The summed E-state index contributed by atoms with van der Waals surface area (Å²) < 4.78 is 10.7. The number of nitrogens with zero attached hydrogens (tertiary/aromatic N) is 2. The molecule has 0 spiro atoms. The summed E-state index contributed by atoms with van der Waals surface area (Å²) in [5.74, 6) is 0.734. The molecule has 10 nitrogen and oxygen atoms in total. The second-order valence-electron chi connectivity index (χ2n) is 6.91. The molecule has 0 aliphatic rings. The number of carbonyl (C=O) groups is 2. The highest BCUT2D eigenvalue weighted by atomic mass is 32.1. The lowest BCUT2D eigenvalue weighted by Crippen LogP contribution is -2.19. The summed E-state index contributed by atoms with van der Waals surface area (Å²) in [5, 5.41) is 8.52. The fourth-order valence-electron chi connectivity index (χ4n) is 2.86. The molecule has 2 heterocycles. The van der Waals surface area contributed by atoms with Gasteiger partial charge in [0.05, 0.1) is 17.3 Å². The van der Waals surface area contributed by atoms with Crippen molar-refractivity contribution < 1.29 is 19.1 Å². The third kappa shape index (κ3) is 5.58. The molecule has 2 aromatic carbocycles. The van der Waals surface area contributed by atoms with Crippen LogP contribution in [0.3, 0.4) is 0 Å². The number of rotatable bonds is 8. The number of nitrogens with one attached hydrogen (secondary N) is 4. The summed E-state index contributed by atoms with van der Waals surface area (Å²) in [6.45, 7) is 8.79. The molecule has 0 unspecified atom stereocenters. The molecule has 172 valence electrons. The zero-order valence-electron chi connectivity index (χ0n) is 18.0. The zero-order chi connectivity index (χ0) is 24.1. The van der Waals surface area contributed by atoms with Crippen LogP contribution < -0.4 is 20.7 Å². The Balaban J connectivity index is 1.37. The van der Waals surface area contributed by atoms with Crippen LogP contribution in [0, 0.1) is 6.92 Å². The van der Waals surface area contributed by atoms with Crippen LogP contribution in [0.15, 0.2) is 73.8 Å². The molecular formula is C23H20N6O4S. The molecule has 0 aliphatic carbocycles. The zero-order valence-corrected chi connectivity index (χ0v) is 18.9. The third-order valence-electron chi connectivity index (χ3n) is 4.35. The number of imidazole rings is 1. The lowest BCUT2D eigenvalue weighted by molar-refractivity contribution is -0.115. The van der Waals surface area contributed by atoms with Crippen molar-refractivity contribution in [3.05, 3.63) is 78.7 Å². The number of aryl methyl sites for hydroxylation is 1. The molecule has 0 radical (unpaired) electrons. The van der Waals surface area contributed by atoms with E-state index in [2.05, 4.69) is 44.1 Å². The van der Waals surface area contributed by atoms with Gasteiger partial charge in [-0.1, -0.05) is 13.2 Å². The third-order valence-corrected chi connectivity index (χ3v) is 5.18. The summed E-state index contributed by atoms with van der Waals surface area (Å²) in [7, 11) is 0. The molecule has 4 aromatic rings. The number of amides is 3. The van der Waals surface area contributed by atoms with Gasteiger partial charge in [-0.05, 0) is 43.3 Å². The maximum absolute atomic E-state index is 12.1. The van der Waals surface area contributed by atoms with E-state index < -0.39 is 5.91 Å². The Morgan fingerprint density at radius 2 is 1.85 bits per heavy atom. The maximum Gasteiger partial charge on any atom is 0.325 e. The summed E-state index contributed by atoms with van der Waals surface area (Å²) in [5.41, 5.74) is 1.90. The highest BCUT2D eigenvalue weighted by molar-refractivity contribution is 7.15. The van der Waals surface area contributed by atoms with Crippen molar-refractivity contribution in [1.29, 1.82) is 0 Å². The fraction of sp³-hybridized carbons (Fsp3) is 0.0435. The average Bonchev–Trinajstić information content (AvgIpc) is 3.39. The van der Waals surface area contributed by atoms with E-state index in [0.717, 1.165) is 11.1 Å². The number of fused-ring (bicyclic) bond motifs is 1. The molecule has 3 amide bonds. The van der Waals surface area contributed by atoms with E-state index in [1.54, 1.807) is 48.7 Å². The van der Waals surface area contributed by atoms with E-state index in [1.165, 1.54) is 11.3 Å². The van der Waals surface area contributed by atoms with Crippen molar-refractivity contribution in [2.24, 2.45) is 0 Å².